The molecule has 3 heterocycles. The highest BCUT2D eigenvalue weighted by Crippen LogP contribution is 2.33. The first-order chi connectivity index (χ1) is 20.0. The standard InChI is InChI=1S/C29H22ClN3O8S/c1-4-40-28(37)24-15(3)31-29-32(25(24)17-6-5-14(2)21(12-17)33(38)39)26(34)23(42-29)13-18-8-10-22(41-18)16-7-9-20(30)19(11-16)27(35)36/h5-13,25H,4H2,1-3H3,(H,35,36). The van der Waals surface area contributed by atoms with Gasteiger partial charge in [0.05, 0.1) is 44.0 Å². The molecule has 1 N–H and O–H groups in total. The van der Waals surface area contributed by atoms with Gasteiger partial charge >= 0.3 is 11.9 Å². The number of furan rings is 1. The van der Waals surface area contributed by atoms with Crippen molar-refractivity contribution in [3.8, 4) is 11.3 Å². The minimum Gasteiger partial charge on any atom is -0.478 e. The van der Waals surface area contributed by atoms with Gasteiger partial charge in [0, 0.05) is 23.3 Å². The number of esters is 1. The number of hydrogen-bond acceptors (Lipinski definition) is 9. The Kier molecular flexibility index (Phi) is 7.67. The maximum absolute atomic E-state index is 13.8. The fourth-order valence-electron chi connectivity index (χ4n) is 4.66. The Balaban J connectivity index is 1.65. The summed E-state index contributed by atoms with van der Waals surface area (Å²) in [5.41, 5.74) is 0.979. The van der Waals surface area contributed by atoms with E-state index in [1.54, 1.807) is 51.1 Å². The van der Waals surface area contributed by atoms with E-state index in [0.29, 0.717) is 38.7 Å². The van der Waals surface area contributed by atoms with Crippen LogP contribution in [0.3, 0.4) is 0 Å². The van der Waals surface area contributed by atoms with Crippen molar-refractivity contribution in [1.29, 1.82) is 0 Å². The molecule has 1 aliphatic rings. The van der Waals surface area contributed by atoms with E-state index in [1.807, 2.05) is 0 Å². The van der Waals surface area contributed by atoms with E-state index in [1.165, 1.54) is 28.8 Å². The monoisotopic (exact) mass is 607 g/mol. The van der Waals surface area contributed by atoms with Gasteiger partial charge in [0.25, 0.3) is 11.2 Å². The average Bonchev–Trinajstić information content (AvgIpc) is 3.52. The fourth-order valence-corrected chi connectivity index (χ4v) is 5.88. The summed E-state index contributed by atoms with van der Waals surface area (Å²) in [4.78, 5) is 54.3. The maximum atomic E-state index is 13.8. The number of nitro groups is 1. The zero-order valence-electron chi connectivity index (χ0n) is 22.4. The summed E-state index contributed by atoms with van der Waals surface area (Å²) in [6.45, 7) is 4.96. The number of thiazole rings is 1. The molecule has 0 aliphatic carbocycles. The predicted octanol–water partition coefficient (Wildman–Crippen LogP) is 4.63. The lowest BCUT2D eigenvalue weighted by atomic mass is 9.94. The normalized spacial score (nSPS) is 14.9. The zero-order chi connectivity index (χ0) is 30.3. The highest BCUT2D eigenvalue weighted by Gasteiger charge is 2.34. The molecule has 1 aliphatic heterocycles. The van der Waals surface area contributed by atoms with Crippen LogP contribution >= 0.6 is 22.9 Å². The first kappa shape index (κ1) is 28.7. The van der Waals surface area contributed by atoms with Crippen LogP contribution in [-0.4, -0.2) is 33.1 Å². The molecule has 4 aromatic rings. The van der Waals surface area contributed by atoms with Crippen molar-refractivity contribution in [3.05, 3.63) is 117 Å². The number of nitro benzene ring substituents is 1. The van der Waals surface area contributed by atoms with E-state index in [9.17, 15) is 29.6 Å². The Morgan fingerprint density at radius 3 is 2.67 bits per heavy atom. The van der Waals surface area contributed by atoms with Crippen LogP contribution in [0, 0.1) is 17.0 Å². The molecule has 5 rings (SSSR count). The van der Waals surface area contributed by atoms with Crippen molar-refractivity contribution in [2.24, 2.45) is 4.99 Å². The third kappa shape index (κ3) is 5.17. The number of fused-ring (bicyclic) bond motifs is 1. The summed E-state index contributed by atoms with van der Waals surface area (Å²) in [6.07, 6.45) is 1.51. The van der Waals surface area contributed by atoms with Crippen LogP contribution < -0.4 is 14.9 Å². The van der Waals surface area contributed by atoms with Crippen molar-refractivity contribution in [1.82, 2.24) is 4.57 Å². The minimum absolute atomic E-state index is 0.0791. The molecule has 0 saturated carbocycles. The average molecular weight is 608 g/mol. The Labute approximate surface area is 246 Å². The molecule has 1 unspecified atom stereocenters. The Morgan fingerprint density at radius 1 is 1.21 bits per heavy atom. The lowest BCUT2D eigenvalue weighted by Crippen LogP contribution is -2.40. The number of carbonyl (C=O) groups is 2. The number of carbonyl (C=O) groups excluding carboxylic acids is 1. The van der Waals surface area contributed by atoms with E-state index < -0.39 is 28.5 Å². The second kappa shape index (κ2) is 11.2. The van der Waals surface area contributed by atoms with Crippen molar-refractivity contribution in [2.45, 2.75) is 26.8 Å². The lowest BCUT2D eigenvalue weighted by Gasteiger charge is -2.24. The summed E-state index contributed by atoms with van der Waals surface area (Å²) in [6, 6.07) is 11.3. The second-order valence-electron chi connectivity index (χ2n) is 9.31. The van der Waals surface area contributed by atoms with Crippen LogP contribution in [0.4, 0.5) is 5.69 Å². The molecule has 2 aromatic heterocycles. The fraction of sp³-hybridized carbons (Fsp3) is 0.172. The van der Waals surface area contributed by atoms with Crippen molar-refractivity contribution in [2.75, 3.05) is 6.61 Å². The molecule has 0 saturated heterocycles. The smallest absolute Gasteiger partial charge is 0.338 e. The first-order valence-electron chi connectivity index (χ1n) is 12.6. The van der Waals surface area contributed by atoms with Gasteiger partial charge in [-0.2, -0.15) is 0 Å². The number of aromatic nitrogens is 1. The molecule has 1 atom stereocenters. The lowest BCUT2D eigenvalue weighted by molar-refractivity contribution is -0.385. The van der Waals surface area contributed by atoms with Crippen LogP contribution in [0.5, 0.6) is 0 Å². The number of rotatable bonds is 7. The van der Waals surface area contributed by atoms with E-state index in [0.717, 1.165) is 11.3 Å². The van der Waals surface area contributed by atoms with Gasteiger partial charge in [-0.1, -0.05) is 35.1 Å². The molecule has 0 spiro atoms. The number of ether oxygens (including phenoxy) is 1. The van der Waals surface area contributed by atoms with Gasteiger partial charge in [0.15, 0.2) is 4.80 Å². The molecular weight excluding hydrogens is 586 g/mol. The molecule has 0 bridgehead atoms. The number of carboxylic acid groups (broad SMARTS) is 1. The first-order valence-corrected chi connectivity index (χ1v) is 13.8. The quantitative estimate of drug-likeness (QED) is 0.181. The molecule has 42 heavy (non-hydrogen) atoms. The number of allylic oxidation sites excluding steroid dienone is 1. The SMILES string of the molecule is CCOC(=O)C1=C(C)N=c2sc(=Cc3ccc(-c4ccc(Cl)c(C(=O)O)c4)o3)c(=O)n2C1c1ccc(C)c([N+](=O)[O-])c1. The number of halogens is 1. The van der Waals surface area contributed by atoms with Crippen LogP contribution in [0.1, 0.15) is 47.1 Å². The molecule has 0 fully saturated rings. The Morgan fingerprint density at radius 2 is 1.98 bits per heavy atom. The summed E-state index contributed by atoms with van der Waals surface area (Å²) < 4.78 is 12.7. The van der Waals surface area contributed by atoms with E-state index >= 15 is 0 Å². The van der Waals surface area contributed by atoms with E-state index in [2.05, 4.69) is 4.99 Å². The van der Waals surface area contributed by atoms with Gasteiger partial charge in [0.1, 0.15) is 11.5 Å². The number of carboxylic acids is 1. The molecule has 11 nitrogen and oxygen atoms in total. The molecule has 2 aromatic carbocycles. The van der Waals surface area contributed by atoms with E-state index in [4.69, 9.17) is 20.8 Å². The van der Waals surface area contributed by atoms with Gasteiger partial charge in [0.2, 0.25) is 0 Å². The number of benzene rings is 2. The topological polar surface area (TPSA) is 154 Å². The largest absolute Gasteiger partial charge is 0.478 e. The molecule has 13 heteroatoms. The van der Waals surface area contributed by atoms with Crippen LogP contribution in [-0.2, 0) is 9.53 Å². The van der Waals surface area contributed by atoms with E-state index in [-0.39, 0.29) is 33.0 Å². The van der Waals surface area contributed by atoms with Gasteiger partial charge in [-0.25, -0.2) is 14.6 Å². The van der Waals surface area contributed by atoms with Gasteiger partial charge < -0.3 is 14.3 Å². The highest BCUT2D eigenvalue weighted by molar-refractivity contribution is 7.07. The molecule has 214 valence electrons. The Hall–Kier alpha value is -4.81. The minimum atomic E-state index is -1.18. The Bertz CT molecular complexity index is 2000. The van der Waals surface area contributed by atoms with Crippen molar-refractivity contribution >= 4 is 46.6 Å². The third-order valence-corrected chi connectivity index (χ3v) is 7.96. The van der Waals surface area contributed by atoms with Crippen LogP contribution in [0.2, 0.25) is 5.02 Å². The van der Waals surface area contributed by atoms with Crippen LogP contribution in [0.25, 0.3) is 17.4 Å². The maximum Gasteiger partial charge on any atom is 0.338 e. The van der Waals surface area contributed by atoms with Crippen molar-refractivity contribution < 1.29 is 28.8 Å². The predicted molar refractivity (Wildman–Crippen MR) is 154 cm³/mol. The van der Waals surface area contributed by atoms with Gasteiger partial charge in [-0.15, -0.1) is 0 Å². The number of aromatic carboxylic acids is 1. The number of hydrogen-bond donors (Lipinski definition) is 1. The zero-order valence-corrected chi connectivity index (χ0v) is 24.0. The summed E-state index contributed by atoms with van der Waals surface area (Å²) in [5, 5.41) is 21.2. The summed E-state index contributed by atoms with van der Waals surface area (Å²) in [5.74, 6) is -1.19. The molecule has 0 radical (unpaired) electrons. The summed E-state index contributed by atoms with van der Waals surface area (Å²) in [7, 11) is 0. The summed E-state index contributed by atoms with van der Waals surface area (Å²) >= 11 is 7.04. The third-order valence-electron chi connectivity index (χ3n) is 6.64. The van der Waals surface area contributed by atoms with Gasteiger partial charge in [-0.05, 0) is 56.7 Å². The number of aryl methyl sites for hydroxylation is 1. The molecular formula is C29H22ClN3O8S. The second-order valence-corrected chi connectivity index (χ2v) is 10.7. The number of nitrogens with zero attached hydrogens (tertiary/aromatic N) is 3. The highest BCUT2D eigenvalue weighted by atomic mass is 35.5. The van der Waals surface area contributed by atoms with Crippen molar-refractivity contribution in [3.63, 3.8) is 0 Å². The van der Waals surface area contributed by atoms with Crippen LogP contribution in [0.15, 0.2) is 74.0 Å². The van der Waals surface area contributed by atoms with Gasteiger partial charge in [-0.3, -0.25) is 19.5 Å². The molecule has 0 amide bonds.